The number of carbonyl (C=O) groups is 1. The second kappa shape index (κ2) is 7.74. The van der Waals surface area contributed by atoms with Gasteiger partial charge in [-0.2, -0.15) is 0 Å². The first-order chi connectivity index (χ1) is 13.6. The molecule has 1 saturated heterocycles. The van der Waals surface area contributed by atoms with Crippen LogP contribution in [0, 0.1) is 5.82 Å². The van der Waals surface area contributed by atoms with Crippen LogP contribution in [0.5, 0.6) is 0 Å². The van der Waals surface area contributed by atoms with Crippen LogP contribution in [0.15, 0.2) is 42.6 Å². The van der Waals surface area contributed by atoms with Crippen LogP contribution in [0.3, 0.4) is 0 Å². The van der Waals surface area contributed by atoms with Crippen LogP contribution in [0.1, 0.15) is 30.0 Å². The minimum Gasteiger partial charge on any atom is -0.369 e. The third-order valence-electron chi connectivity index (χ3n) is 5.27. The van der Waals surface area contributed by atoms with E-state index in [1.807, 2.05) is 40.9 Å². The highest BCUT2D eigenvalue weighted by Crippen LogP contribution is 2.32. The van der Waals surface area contributed by atoms with E-state index in [0.717, 1.165) is 45.7 Å². The van der Waals surface area contributed by atoms with Gasteiger partial charge in [-0.3, -0.25) is 9.20 Å². The van der Waals surface area contributed by atoms with Crippen molar-refractivity contribution in [2.75, 3.05) is 6.54 Å². The summed E-state index contributed by atoms with van der Waals surface area (Å²) in [7, 11) is 0. The molecule has 1 aliphatic heterocycles. The van der Waals surface area contributed by atoms with Crippen molar-refractivity contribution in [3.63, 3.8) is 0 Å². The average molecular weight is 431 g/mol. The van der Waals surface area contributed by atoms with Gasteiger partial charge in [-0.15, -0.1) is 12.4 Å². The molecule has 3 N–H and O–H groups in total. The summed E-state index contributed by atoms with van der Waals surface area (Å²) >= 11 is 1.52. The number of nitrogens with zero attached hydrogens (tertiary/aromatic N) is 2. The van der Waals surface area contributed by atoms with Gasteiger partial charge in [-0.25, -0.2) is 9.37 Å². The Balaban J connectivity index is 0.00000205. The minimum atomic E-state index is -0.352. The maximum Gasteiger partial charge on any atom is 0.221 e. The Morgan fingerprint density at radius 2 is 2.17 bits per heavy atom. The molecule has 0 radical (unpaired) electrons. The van der Waals surface area contributed by atoms with E-state index in [0.29, 0.717) is 11.3 Å². The number of primary amides is 1. The van der Waals surface area contributed by atoms with E-state index in [4.69, 9.17) is 5.73 Å². The fraction of sp³-hybridized carbons (Fsp3) is 0.238. The maximum atomic E-state index is 14.8. The number of hydrogen-bond donors (Lipinski definition) is 2. The number of fused-ring (bicyclic) bond motifs is 3. The van der Waals surface area contributed by atoms with E-state index < -0.39 is 0 Å². The average Bonchev–Trinajstić information content (AvgIpc) is 3.37. The number of amides is 1. The number of imidazole rings is 1. The topological polar surface area (TPSA) is 72.4 Å². The van der Waals surface area contributed by atoms with Gasteiger partial charge < -0.3 is 11.1 Å². The lowest BCUT2D eigenvalue weighted by molar-refractivity contribution is -0.117. The van der Waals surface area contributed by atoms with Crippen LogP contribution >= 0.6 is 23.7 Å². The second-order valence-corrected chi connectivity index (χ2v) is 8.22. The summed E-state index contributed by atoms with van der Waals surface area (Å²) < 4.78 is 17.8. The van der Waals surface area contributed by atoms with Crippen molar-refractivity contribution in [2.45, 2.75) is 25.3 Å². The number of carbonyl (C=O) groups excluding carboxylic acids is 1. The van der Waals surface area contributed by atoms with Gasteiger partial charge in [0.2, 0.25) is 5.91 Å². The van der Waals surface area contributed by atoms with Crippen molar-refractivity contribution in [2.24, 2.45) is 5.73 Å². The van der Waals surface area contributed by atoms with Gasteiger partial charge in [0.05, 0.1) is 22.3 Å². The molecule has 1 fully saturated rings. The third kappa shape index (κ3) is 3.61. The smallest absolute Gasteiger partial charge is 0.221 e. The van der Waals surface area contributed by atoms with E-state index in [-0.39, 0.29) is 36.6 Å². The molecule has 1 amide bonds. The minimum absolute atomic E-state index is 0. The fourth-order valence-electron chi connectivity index (χ4n) is 3.91. The maximum absolute atomic E-state index is 14.8. The van der Waals surface area contributed by atoms with Gasteiger partial charge in [0.15, 0.2) is 4.96 Å². The summed E-state index contributed by atoms with van der Waals surface area (Å²) in [6.07, 6.45) is 4.25. The lowest BCUT2D eigenvalue weighted by Gasteiger charge is -2.11. The number of hydrogen-bond acceptors (Lipinski definition) is 4. The molecule has 2 aromatic heterocycles. The molecular weight excluding hydrogens is 411 g/mol. The van der Waals surface area contributed by atoms with Crippen LogP contribution in [-0.2, 0) is 11.2 Å². The number of halogens is 2. The first kappa shape index (κ1) is 19.8. The molecular formula is C21H20ClFN4OS. The molecule has 0 bridgehead atoms. The van der Waals surface area contributed by atoms with Gasteiger partial charge in [0, 0.05) is 17.8 Å². The molecule has 0 saturated carbocycles. The Hall–Kier alpha value is -2.48. The molecule has 1 atom stereocenters. The van der Waals surface area contributed by atoms with Gasteiger partial charge in [-0.05, 0) is 54.8 Å². The van der Waals surface area contributed by atoms with Crippen molar-refractivity contribution in [1.82, 2.24) is 14.7 Å². The predicted molar refractivity (Wildman–Crippen MR) is 116 cm³/mol. The largest absolute Gasteiger partial charge is 0.369 e. The number of benzene rings is 2. The Morgan fingerprint density at radius 1 is 1.31 bits per heavy atom. The van der Waals surface area contributed by atoms with Crippen LogP contribution in [0.2, 0.25) is 0 Å². The van der Waals surface area contributed by atoms with E-state index in [1.165, 1.54) is 11.3 Å². The van der Waals surface area contributed by atoms with Crippen molar-refractivity contribution < 1.29 is 9.18 Å². The van der Waals surface area contributed by atoms with Gasteiger partial charge in [0.25, 0.3) is 0 Å². The zero-order valence-corrected chi connectivity index (χ0v) is 17.2. The molecule has 1 aliphatic rings. The highest BCUT2D eigenvalue weighted by Gasteiger charge is 2.19. The SMILES string of the molecule is Cl.NC(=O)Cc1ccc2c(c1)sc1nc(-c3ccc(C4CCCN4)cc3F)cn12. The van der Waals surface area contributed by atoms with Gasteiger partial charge in [0.1, 0.15) is 5.82 Å². The van der Waals surface area contributed by atoms with Crippen LogP contribution in [0.25, 0.3) is 26.4 Å². The summed E-state index contributed by atoms with van der Waals surface area (Å²) in [6.45, 7) is 0.986. The predicted octanol–water partition coefficient (Wildman–Crippen LogP) is 4.23. The normalized spacial score (nSPS) is 16.4. The van der Waals surface area contributed by atoms with Gasteiger partial charge in [-0.1, -0.05) is 23.5 Å². The van der Waals surface area contributed by atoms with E-state index in [9.17, 15) is 9.18 Å². The molecule has 0 aliphatic carbocycles. The van der Waals surface area contributed by atoms with E-state index >= 15 is 0 Å². The highest BCUT2D eigenvalue weighted by molar-refractivity contribution is 7.23. The Bertz CT molecular complexity index is 1210. The summed E-state index contributed by atoms with van der Waals surface area (Å²) in [4.78, 5) is 16.6. The number of nitrogens with two attached hydrogens (primary N) is 1. The van der Waals surface area contributed by atoms with Gasteiger partial charge >= 0.3 is 0 Å². The lowest BCUT2D eigenvalue weighted by atomic mass is 10.0. The lowest BCUT2D eigenvalue weighted by Crippen LogP contribution is -2.13. The van der Waals surface area contributed by atoms with Crippen molar-refractivity contribution in [3.05, 3.63) is 59.5 Å². The first-order valence-electron chi connectivity index (χ1n) is 9.30. The standard InChI is InChI=1S/C21H19FN4OS.ClH/c22-15-10-13(16-2-1-7-24-16)4-5-14(15)17-11-26-18-6-3-12(9-20(23)27)8-19(18)28-21(26)25-17;/h3-6,8,10-11,16,24H,1-2,7,9H2,(H2,23,27);1H. The molecule has 2 aromatic carbocycles. The molecule has 4 aromatic rings. The molecule has 3 heterocycles. The molecule has 150 valence electrons. The zero-order chi connectivity index (χ0) is 19.3. The Labute approximate surface area is 177 Å². The Morgan fingerprint density at radius 3 is 2.90 bits per heavy atom. The van der Waals surface area contributed by atoms with Crippen LogP contribution < -0.4 is 11.1 Å². The number of aromatic nitrogens is 2. The van der Waals surface area contributed by atoms with Crippen molar-refractivity contribution in [1.29, 1.82) is 0 Å². The third-order valence-corrected chi connectivity index (χ3v) is 6.29. The molecule has 5 rings (SSSR count). The molecule has 8 heteroatoms. The summed E-state index contributed by atoms with van der Waals surface area (Å²) in [5.74, 6) is -0.598. The summed E-state index contributed by atoms with van der Waals surface area (Å²) in [5, 5.41) is 3.40. The number of thiazole rings is 1. The van der Waals surface area contributed by atoms with Crippen molar-refractivity contribution in [3.8, 4) is 11.3 Å². The molecule has 29 heavy (non-hydrogen) atoms. The number of nitrogens with one attached hydrogen (secondary N) is 1. The molecule has 1 unspecified atom stereocenters. The fourth-order valence-corrected chi connectivity index (χ4v) is 4.98. The summed E-state index contributed by atoms with van der Waals surface area (Å²) in [5.41, 5.74) is 9.27. The van der Waals surface area contributed by atoms with E-state index in [1.54, 1.807) is 6.07 Å². The first-order valence-corrected chi connectivity index (χ1v) is 10.1. The van der Waals surface area contributed by atoms with Crippen molar-refractivity contribution >= 4 is 44.8 Å². The van der Waals surface area contributed by atoms with Crippen LogP contribution in [-0.4, -0.2) is 21.8 Å². The quantitative estimate of drug-likeness (QED) is 0.509. The second-order valence-electron chi connectivity index (χ2n) is 7.21. The zero-order valence-electron chi connectivity index (χ0n) is 15.5. The van der Waals surface area contributed by atoms with E-state index in [2.05, 4.69) is 10.3 Å². The Kier molecular flexibility index (Phi) is 5.29. The van der Waals surface area contributed by atoms with Crippen LogP contribution in [0.4, 0.5) is 4.39 Å². The number of rotatable bonds is 4. The molecule has 5 nitrogen and oxygen atoms in total. The summed E-state index contributed by atoms with van der Waals surface area (Å²) in [6, 6.07) is 11.5. The molecule has 0 spiro atoms. The highest BCUT2D eigenvalue weighted by atomic mass is 35.5. The monoisotopic (exact) mass is 430 g/mol.